The fourth-order valence-corrected chi connectivity index (χ4v) is 3.40. The number of carboxylic acid groups (broad SMARTS) is 1. The van der Waals surface area contributed by atoms with Gasteiger partial charge >= 0.3 is 5.97 Å². The molecule has 0 aliphatic rings. The summed E-state index contributed by atoms with van der Waals surface area (Å²) in [5.41, 5.74) is 2.39. The van der Waals surface area contributed by atoms with Crippen molar-refractivity contribution in [3.8, 4) is 22.5 Å². The van der Waals surface area contributed by atoms with Gasteiger partial charge in [0.05, 0.1) is 30.0 Å². The number of imidazole rings is 1. The normalized spacial score (nSPS) is 13.3. The van der Waals surface area contributed by atoms with Crippen molar-refractivity contribution in [2.75, 3.05) is 19.0 Å². The molecule has 3 N–H and O–H groups in total. The van der Waals surface area contributed by atoms with Gasteiger partial charge in [-0.05, 0) is 54.6 Å². The summed E-state index contributed by atoms with van der Waals surface area (Å²) in [6.07, 6.45) is 0.0182. The van der Waals surface area contributed by atoms with Gasteiger partial charge in [0.2, 0.25) is 5.95 Å². The van der Waals surface area contributed by atoms with Crippen LogP contribution in [0.3, 0.4) is 0 Å². The van der Waals surface area contributed by atoms with Crippen LogP contribution in [0.15, 0.2) is 54.6 Å². The first-order valence-electron chi connectivity index (χ1n) is 10.2. The maximum absolute atomic E-state index is 13.6. The van der Waals surface area contributed by atoms with Crippen LogP contribution in [0.5, 0.6) is 0 Å². The van der Waals surface area contributed by atoms with Gasteiger partial charge in [-0.2, -0.15) is 0 Å². The van der Waals surface area contributed by atoms with Gasteiger partial charge in [0, 0.05) is 37.8 Å². The molecule has 174 valence electrons. The number of hydrogen-bond acceptors (Lipinski definition) is 5. The van der Waals surface area contributed by atoms with Crippen LogP contribution in [0.4, 0.5) is 14.7 Å². The molecule has 2 aromatic carbocycles. The first-order chi connectivity index (χ1) is 15.7. The third kappa shape index (κ3) is 6.03. The van der Waals surface area contributed by atoms with E-state index >= 15 is 0 Å². The monoisotopic (exact) mass is 457 g/mol. The largest absolute Gasteiger partial charge is 0.481 e. The molecule has 33 heavy (non-hydrogen) atoms. The van der Waals surface area contributed by atoms with Gasteiger partial charge < -0.3 is 20.2 Å². The molecule has 9 heteroatoms. The number of carbonyl (C=O) groups is 1. The quantitative estimate of drug-likeness (QED) is 0.454. The summed E-state index contributed by atoms with van der Waals surface area (Å²) in [5.74, 6) is -1.47. The highest BCUT2D eigenvalue weighted by Crippen LogP contribution is 2.36. The Balaban J connectivity index is 2.10. The average Bonchev–Trinajstić information content (AvgIpc) is 3.12. The first kappa shape index (κ1) is 24.1. The fourth-order valence-electron chi connectivity index (χ4n) is 3.40. The van der Waals surface area contributed by atoms with Gasteiger partial charge in [-0.25, -0.2) is 13.8 Å². The molecule has 0 fully saturated rings. The topological polar surface area (TPSA) is 98.8 Å². The van der Waals surface area contributed by atoms with Crippen LogP contribution in [-0.4, -0.2) is 57.1 Å². The van der Waals surface area contributed by atoms with E-state index in [1.54, 1.807) is 54.0 Å². The van der Waals surface area contributed by atoms with E-state index in [9.17, 15) is 23.8 Å². The molecule has 0 saturated carbocycles. The van der Waals surface area contributed by atoms with Gasteiger partial charge in [-0.15, -0.1) is 0 Å². The smallest absolute Gasteiger partial charge is 0.305 e. The van der Waals surface area contributed by atoms with Gasteiger partial charge in [0.1, 0.15) is 11.6 Å². The van der Waals surface area contributed by atoms with Gasteiger partial charge in [0.15, 0.2) is 0 Å². The number of aliphatic carboxylic acids is 1. The maximum Gasteiger partial charge on any atom is 0.305 e. The Hall–Kier alpha value is -3.56. The van der Waals surface area contributed by atoms with Crippen molar-refractivity contribution in [2.45, 2.75) is 25.0 Å². The Bertz CT molecular complexity index is 1130. The predicted molar refractivity (Wildman–Crippen MR) is 122 cm³/mol. The minimum absolute atomic E-state index is 0.161. The summed E-state index contributed by atoms with van der Waals surface area (Å²) in [4.78, 5) is 17.2. The van der Waals surface area contributed by atoms with Crippen molar-refractivity contribution in [2.24, 2.45) is 0 Å². The molecule has 2 unspecified atom stereocenters. The third-order valence-electron chi connectivity index (χ3n) is 4.91. The Labute approximate surface area is 189 Å². The summed E-state index contributed by atoms with van der Waals surface area (Å²) in [5, 5.41) is 28.9. The van der Waals surface area contributed by atoms with E-state index in [1.165, 1.54) is 30.3 Å². The molecule has 1 heterocycles. The first-order valence-corrected chi connectivity index (χ1v) is 10.2. The second-order valence-electron chi connectivity index (χ2n) is 7.78. The molecule has 3 aromatic rings. The third-order valence-corrected chi connectivity index (χ3v) is 4.91. The Morgan fingerprint density at radius 3 is 2.09 bits per heavy atom. The number of aromatic nitrogens is 2. The van der Waals surface area contributed by atoms with Crippen molar-refractivity contribution in [1.29, 1.82) is 0 Å². The molecule has 0 spiro atoms. The van der Waals surface area contributed by atoms with Crippen LogP contribution in [-0.2, 0) is 4.79 Å². The van der Waals surface area contributed by atoms with Gasteiger partial charge in [0.25, 0.3) is 0 Å². The number of hydrogen-bond donors (Lipinski definition) is 3. The fraction of sp³-hybridized carbons (Fsp3) is 0.250. The second kappa shape index (κ2) is 10.4. The number of halogens is 2. The van der Waals surface area contributed by atoms with Crippen molar-refractivity contribution in [3.05, 3.63) is 66.2 Å². The lowest BCUT2D eigenvalue weighted by atomic mass is 10.0. The van der Waals surface area contributed by atoms with Gasteiger partial charge in [-0.3, -0.25) is 9.36 Å². The minimum Gasteiger partial charge on any atom is -0.481 e. The van der Waals surface area contributed by atoms with Gasteiger partial charge in [-0.1, -0.05) is 0 Å². The number of aliphatic hydroxyl groups excluding tert-OH is 2. The van der Waals surface area contributed by atoms with Crippen molar-refractivity contribution >= 4 is 18.1 Å². The Morgan fingerprint density at radius 2 is 1.58 bits per heavy atom. The molecule has 0 saturated heterocycles. The lowest BCUT2D eigenvalue weighted by Gasteiger charge is -2.15. The lowest BCUT2D eigenvalue weighted by molar-refractivity contribution is -0.139. The molecule has 0 radical (unpaired) electrons. The lowest BCUT2D eigenvalue weighted by Crippen LogP contribution is -2.19. The minimum atomic E-state index is -1.20. The summed E-state index contributed by atoms with van der Waals surface area (Å²) in [6.45, 7) is 0. The Morgan fingerprint density at radius 1 is 1.03 bits per heavy atom. The van der Waals surface area contributed by atoms with E-state index in [2.05, 4.69) is 0 Å². The van der Waals surface area contributed by atoms with Crippen LogP contribution in [0, 0.1) is 11.6 Å². The van der Waals surface area contributed by atoms with Crippen LogP contribution < -0.4 is 4.90 Å². The predicted octanol–water partition coefficient (Wildman–Crippen LogP) is 3.62. The molecule has 0 aliphatic carbocycles. The SMILES string of the molecule is CN(C)c1nc(-c2ccc(F)cc2)c(-c2ccc(F)cc2)n1/C=C/C(O)CC(O)CC(=O)O. The average molecular weight is 457 g/mol. The number of anilines is 1. The van der Waals surface area contributed by atoms with Crippen molar-refractivity contribution < 1.29 is 28.9 Å². The van der Waals surface area contributed by atoms with Crippen molar-refractivity contribution in [3.63, 3.8) is 0 Å². The van der Waals surface area contributed by atoms with E-state index in [0.29, 0.717) is 28.5 Å². The highest BCUT2D eigenvalue weighted by molar-refractivity contribution is 5.82. The zero-order valence-corrected chi connectivity index (χ0v) is 18.2. The maximum atomic E-state index is 13.6. The molecule has 7 nitrogen and oxygen atoms in total. The van der Waals surface area contributed by atoms with Crippen LogP contribution in [0.25, 0.3) is 28.7 Å². The number of nitrogens with zero attached hydrogens (tertiary/aromatic N) is 3. The van der Waals surface area contributed by atoms with Crippen LogP contribution >= 0.6 is 0 Å². The second-order valence-corrected chi connectivity index (χ2v) is 7.78. The summed E-state index contributed by atoms with van der Waals surface area (Å²) in [7, 11) is 3.56. The number of carboxylic acids is 1. The molecule has 3 rings (SSSR count). The standard InChI is InChI=1S/C24H25F2N3O4/c1-28(2)24-27-22(15-3-7-17(25)8-4-15)23(16-5-9-18(26)10-6-16)29(24)12-11-19(30)13-20(31)14-21(32)33/h3-12,19-20,30-31H,13-14H2,1-2H3,(H,32,33)/b12-11+. The zero-order valence-electron chi connectivity index (χ0n) is 18.2. The molecule has 0 amide bonds. The number of benzene rings is 2. The van der Waals surface area contributed by atoms with Crippen molar-refractivity contribution in [1.82, 2.24) is 9.55 Å². The van der Waals surface area contributed by atoms with E-state index in [1.807, 2.05) is 0 Å². The van der Waals surface area contributed by atoms with E-state index in [-0.39, 0.29) is 6.42 Å². The summed E-state index contributed by atoms with van der Waals surface area (Å²) in [6, 6.07) is 11.6. The molecular weight excluding hydrogens is 432 g/mol. The zero-order chi connectivity index (χ0) is 24.1. The van der Waals surface area contributed by atoms with E-state index < -0.39 is 36.2 Å². The highest BCUT2D eigenvalue weighted by atomic mass is 19.1. The molecule has 1 aromatic heterocycles. The molecule has 2 atom stereocenters. The molecular formula is C24H25F2N3O4. The summed E-state index contributed by atoms with van der Waals surface area (Å²) < 4.78 is 28.8. The molecule has 0 aliphatic heterocycles. The number of rotatable bonds is 9. The Kier molecular flexibility index (Phi) is 7.57. The van der Waals surface area contributed by atoms with E-state index in [4.69, 9.17) is 10.1 Å². The van der Waals surface area contributed by atoms with Crippen LogP contribution in [0.2, 0.25) is 0 Å². The van der Waals surface area contributed by atoms with Crippen LogP contribution in [0.1, 0.15) is 12.8 Å². The highest BCUT2D eigenvalue weighted by Gasteiger charge is 2.21. The van der Waals surface area contributed by atoms with E-state index in [0.717, 1.165) is 0 Å². The summed E-state index contributed by atoms with van der Waals surface area (Å²) >= 11 is 0. The molecule has 0 bridgehead atoms. The number of aliphatic hydroxyl groups is 2.